The second kappa shape index (κ2) is 5.81. The van der Waals surface area contributed by atoms with Crippen LogP contribution in [0, 0.1) is 17.1 Å². The highest BCUT2D eigenvalue weighted by Crippen LogP contribution is 2.25. The van der Waals surface area contributed by atoms with Crippen LogP contribution in [0.15, 0.2) is 24.3 Å². The molecule has 0 spiro atoms. The normalized spacial score (nSPS) is 10.5. The molecular formula is C14H13FN2OS. The summed E-state index contributed by atoms with van der Waals surface area (Å²) in [6, 6.07) is 7.98. The van der Waals surface area contributed by atoms with Gasteiger partial charge in [-0.15, -0.1) is 11.3 Å². The first-order valence-electron chi connectivity index (χ1n) is 5.88. The molecule has 3 nitrogen and oxygen atoms in total. The lowest BCUT2D eigenvalue weighted by Gasteiger charge is -2.03. The molecule has 0 aliphatic rings. The molecule has 0 amide bonds. The van der Waals surface area contributed by atoms with Crippen molar-refractivity contribution >= 4 is 11.3 Å². The fraction of sp³-hybridized carbons (Fsp3) is 0.286. The lowest BCUT2D eigenvalue weighted by atomic mass is 10.1. The molecule has 0 aliphatic carbocycles. The Morgan fingerprint density at radius 1 is 1.37 bits per heavy atom. The molecule has 0 radical (unpaired) electrons. The topological polar surface area (TPSA) is 45.9 Å². The van der Waals surface area contributed by atoms with Gasteiger partial charge in [0.1, 0.15) is 34.1 Å². The van der Waals surface area contributed by atoms with Crippen LogP contribution in [0.3, 0.4) is 0 Å². The number of halogens is 1. The Morgan fingerprint density at radius 3 is 2.58 bits per heavy atom. The SMILES string of the molecule is CC(C)c1nc(COc2ccc(F)cc2)sc1C#N. The first-order chi connectivity index (χ1) is 9.10. The van der Waals surface area contributed by atoms with Crippen molar-refractivity contribution in [3.63, 3.8) is 0 Å². The maximum absolute atomic E-state index is 12.7. The molecule has 98 valence electrons. The van der Waals surface area contributed by atoms with E-state index in [0.717, 1.165) is 10.7 Å². The molecular weight excluding hydrogens is 263 g/mol. The lowest BCUT2D eigenvalue weighted by molar-refractivity contribution is 0.304. The molecule has 1 aromatic heterocycles. The highest BCUT2D eigenvalue weighted by atomic mass is 32.1. The van der Waals surface area contributed by atoms with Crippen LogP contribution in [0.1, 0.15) is 35.3 Å². The van der Waals surface area contributed by atoms with Crippen molar-refractivity contribution in [3.05, 3.63) is 45.7 Å². The summed E-state index contributed by atoms with van der Waals surface area (Å²) in [5, 5.41) is 9.79. The van der Waals surface area contributed by atoms with Crippen molar-refractivity contribution < 1.29 is 9.13 Å². The van der Waals surface area contributed by atoms with Crippen LogP contribution in [-0.2, 0) is 6.61 Å². The summed E-state index contributed by atoms with van der Waals surface area (Å²) < 4.78 is 18.3. The number of nitriles is 1. The van der Waals surface area contributed by atoms with Gasteiger partial charge in [0.05, 0.1) is 5.69 Å². The summed E-state index contributed by atoms with van der Waals surface area (Å²) in [6.45, 7) is 4.29. The summed E-state index contributed by atoms with van der Waals surface area (Å²) in [7, 11) is 0. The predicted octanol–water partition coefficient (Wildman–Crippen LogP) is 3.86. The van der Waals surface area contributed by atoms with E-state index in [0.29, 0.717) is 10.6 Å². The van der Waals surface area contributed by atoms with E-state index < -0.39 is 0 Å². The van der Waals surface area contributed by atoms with Gasteiger partial charge in [-0.2, -0.15) is 5.26 Å². The Kier molecular flexibility index (Phi) is 4.13. The maximum atomic E-state index is 12.7. The third-order valence-corrected chi connectivity index (χ3v) is 3.47. The first-order valence-corrected chi connectivity index (χ1v) is 6.70. The van der Waals surface area contributed by atoms with Gasteiger partial charge in [-0.1, -0.05) is 13.8 Å². The number of hydrogen-bond donors (Lipinski definition) is 0. The second-order valence-corrected chi connectivity index (χ2v) is 5.41. The van der Waals surface area contributed by atoms with Crippen LogP contribution in [0.2, 0.25) is 0 Å². The molecule has 2 aromatic rings. The minimum atomic E-state index is -0.296. The fourth-order valence-corrected chi connectivity index (χ4v) is 2.52. The van der Waals surface area contributed by atoms with E-state index in [1.54, 1.807) is 12.1 Å². The van der Waals surface area contributed by atoms with E-state index in [4.69, 9.17) is 10.00 Å². The van der Waals surface area contributed by atoms with Crippen molar-refractivity contribution in [2.75, 3.05) is 0 Å². The molecule has 0 bridgehead atoms. The summed E-state index contributed by atoms with van der Waals surface area (Å²) in [6.07, 6.45) is 0. The Bertz CT molecular complexity index is 599. The van der Waals surface area contributed by atoms with E-state index in [-0.39, 0.29) is 18.3 Å². The van der Waals surface area contributed by atoms with Gasteiger partial charge >= 0.3 is 0 Å². The summed E-state index contributed by atoms with van der Waals surface area (Å²) >= 11 is 1.34. The molecule has 19 heavy (non-hydrogen) atoms. The third kappa shape index (κ3) is 3.30. The van der Waals surface area contributed by atoms with Gasteiger partial charge < -0.3 is 4.74 Å². The highest BCUT2D eigenvalue weighted by molar-refractivity contribution is 7.12. The zero-order valence-corrected chi connectivity index (χ0v) is 11.5. The van der Waals surface area contributed by atoms with Crippen molar-refractivity contribution in [1.29, 1.82) is 5.26 Å². The number of aromatic nitrogens is 1. The first kappa shape index (κ1) is 13.5. The molecule has 0 aliphatic heterocycles. The third-order valence-electron chi connectivity index (χ3n) is 2.52. The molecule has 5 heteroatoms. The maximum Gasteiger partial charge on any atom is 0.140 e. The molecule has 0 unspecified atom stereocenters. The van der Waals surface area contributed by atoms with E-state index >= 15 is 0 Å². The van der Waals surface area contributed by atoms with Crippen LogP contribution < -0.4 is 4.74 Å². The second-order valence-electron chi connectivity index (χ2n) is 4.33. The van der Waals surface area contributed by atoms with Crippen molar-refractivity contribution in [1.82, 2.24) is 4.98 Å². The molecule has 0 saturated heterocycles. The van der Waals surface area contributed by atoms with Crippen molar-refractivity contribution in [3.8, 4) is 11.8 Å². The zero-order chi connectivity index (χ0) is 13.8. The smallest absolute Gasteiger partial charge is 0.140 e. The Labute approximate surface area is 115 Å². The van der Waals surface area contributed by atoms with Crippen LogP contribution in [0.25, 0.3) is 0 Å². The summed E-state index contributed by atoms with van der Waals surface area (Å²) in [4.78, 5) is 5.04. The number of thiazole rings is 1. The minimum Gasteiger partial charge on any atom is -0.486 e. The molecule has 1 aromatic carbocycles. The molecule has 0 saturated carbocycles. The van der Waals surface area contributed by atoms with Gasteiger partial charge in [-0.25, -0.2) is 9.37 Å². The van der Waals surface area contributed by atoms with Crippen LogP contribution in [-0.4, -0.2) is 4.98 Å². The van der Waals surface area contributed by atoms with Crippen molar-refractivity contribution in [2.45, 2.75) is 26.4 Å². The van der Waals surface area contributed by atoms with Crippen LogP contribution in [0.5, 0.6) is 5.75 Å². The molecule has 1 heterocycles. The summed E-state index contributed by atoms with van der Waals surface area (Å²) in [5.74, 6) is 0.502. The highest BCUT2D eigenvalue weighted by Gasteiger charge is 2.14. The van der Waals surface area contributed by atoms with E-state index in [1.807, 2.05) is 13.8 Å². The number of hydrogen-bond acceptors (Lipinski definition) is 4. The van der Waals surface area contributed by atoms with Crippen molar-refractivity contribution in [2.24, 2.45) is 0 Å². The van der Waals surface area contributed by atoms with Gasteiger partial charge in [-0.3, -0.25) is 0 Å². The summed E-state index contributed by atoms with van der Waals surface area (Å²) in [5.41, 5.74) is 0.810. The van der Waals surface area contributed by atoms with Gasteiger partial charge in [-0.05, 0) is 30.2 Å². The Balaban J connectivity index is 2.08. The lowest BCUT2D eigenvalue weighted by Crippen LogP contribution is -1.96. The average molecular weight is 276 g/mol. The van der Waals surface area contributed by atoms with E-state index in [2.05, 4.69) is 11.1 Å². The molecule has 0 fully saturated rings. The number of ether oxygens (including phenoxy) is 1. The largest absolute Gasteiger partial charge is 0.486 e. The monoisotopic (exact) mass is 276 g/mol. The van der Waals surface area contributed by atoms with Gasteiger partial charge in [0.2, 0.25) is 0 Å². The Morgan fingerprint density at radius 2 is 2.05 bits per heavy atom. The minimum absolute atomic E-state index is 0.213. The molecule has 2 rings (SSSR count). The van der Waals surface area contributed by atoms with Gasteiger partial charge in [0, 0.05) is 0 Å². The quantitative estimate of drug-likeness (QED) is 0.852. The van der Waals surface area contributed by atoms with E-state index in [1.165, 1.54) is 23.5 Å². The number of nitrogens with zero attached hydrogens (tertiary/aromatic N) is 2. The van der Waals surface area contributed by atoms with Crippen LogP contribution in [0.4, 0.5) is 4.39 Å². The number of rotatable bonds is 4. The average Bonchev–Trinajstić information content (AvgIpc) is 2.81. The predicted molar refractivity (Wildman–Crippen MR) is 71.7 cm³/mol. The van der Waals surface area contributed by atoms with Crippen LogP contribution >= 0.6 is 11.3 Å². The molecule has 0 N–H and O–H groups in total. The standard InChI is InChI=1S/C14H13FN2OS/c1-9(2)14-12(7-16)19-13(17-14)8-18-11-5-3-10(15)4-6-11/h3-6,9H,8H2,1-2H3. The van der Waals surface area contributed by atoms with E-state index in [9.17, 15) is 4.39 Å². The Hall–Kier alpha value is -1.93. The fourth-order valence-electron chi connectivity index (χ4n) is 1.59. The number of benzene rings is 1. The molecule has 0 atom stereocenters. The zero-order valence-electron chi connectivity index (χ0n) is 10.7. The van der Waals surface area contributed by atoms with Gasteiger partial charge in [0.25, 0.3) is 0 Å². The van der Waals surface area contributed by atoms with Gasteiger partial charge in [0.15, 0.2) is 0 Å².